The molecule has 0 aromatic heterocycles. The van der Waals surface area contributed by atoms with Gasteiger partial charge < -0.3 is 10.2 Å². The van der Waals surface area contributed by atoms with Gasteiger partial charge in [-0.05, 0) is 47.9 Å². The zero-order chi connectivity index (χ0) is 26.3. The zero-order valence-corrected chi connectivity index (χ0v) is 22.1. The highest BCUT2D eigenvalue weighted by Gasteiger charge is 2.32. The molecule has 0 spiro atoms. The molecule has 0 aliphatic rings. The Morgan fingerprint density at radius 3 is 2.17 bits per heavy atom. The van der Waals surface area contributed by atoms with Crippen LogP contribution in [0, 0.1) is 6.92 Å². The van der Waals surface area contributed by atoms with Gasteiger partial charge in [0.15, 0.2) is 0 Å². The van der Waals surface area contributed by atoms with Crippen molar-refractivity contribution in [3.63, 3.8) is 0 Å². The molecule has 190 valence electrons. The number of sulfonamides is 1. The Balaban J connectivity index is 1.95. The number of carbonyl (C=O) groups is 2. The Morgan fingerprint density at radius 2 is 1.56 bits per heavy atom. The van der Waals surface area contributed by atoms with Crippen LogP contribution in [0.1, 0.15) is 16.7 Å². The lowest BCUT2D eigenvalue weighted by Gasteiger charge is -2.32. The minimum atomic E-state index is -3.95. The Hall–Kier alpha value is -3.20. The van der Waals surface area contributed by atoms with Gasteiger partial charge in [0.2, 0.25) is 21.8 Å². The molecule has 0 bridgehead atoms. The lowest BCUT2D eigenvalue weighted by Crippen LogP contribution is -2.52. The van der Waals surface area contributed by atoms with Gasteiger partial charge in [-0.15, -0.1) is 0 Å². The summed E-state index contributed by atoms with van der Waals surface area (Å²) < 4.78 is 27.2. The fourth-order valence-corrected chi connectivity index (χ4v) is 5.09. The van der Waals surface area contributed by atoms with Gasteiger partial charge in [-0.1, -0.05) is 66.2 Å². The SMILES string of the molecule is CNC(=O)[C@@H](Cc1ccccc1)N(Cc1ccccc1C)C(=O)CN(C)S(=O)(=O)c1ccc(Cl)cc1. The zero-order valence-electron chi connectivity index (χ0n) is 20.5. The topological polar surface area (TPSA) is 86.8 Å². The number of hydrogen-bond acceptors (Lipinski definition) is 4. The Bertz CT molecular complexity index is 1300. The van der Waals surface area contributed by atoms with Gasteiger partial charge >= 0.3 is 0 Å². The summed E-state index contributed by atoms with van der Waals surface area (Å²) in [4.78, 5) is 28.2. The number of rotatable bonds is 10. The lowest BCUT2D eigenvalue weighted by molar-refractivity contribution is -0.141. The lowest BCUT2D eigenvalue weighted by atomic mass is 10.0. The van der Waals surface area contributed by atoms with Crippen molar-refractivity contribution in [1.82, 2.24) is 14.5 Å². The third kappa shape index (κ3) is 6.72. The minimum absolute atomic E-state index is 0.0276. The summed E-state index contributed by atoms with van der Waals surface area (Å²) in [7, 11) is -1.08. The van der Waals surface area contributed by atoms with Crippen LogP contribution in [-0.4, -0.2) is 56.1 Å². The summed E-state index contributed by atoms with van der Waals surface area (Å²) >= 11 is 5.89. The molecular formula is C27H30ClN3O4S. The van der Waals surface area contributed by atoms with E-state index in [-0.39, 0.29) is 23.8 Å². The largest absolute Gasteiger partial charge is 0.357 e. The second-order valence-electron chi connectivity index (χ2n) is 8.48. The molecule has 7 nitrogen and oxygen atoms in total. The van der Waals surface area contributed by atoms with Crippen molar-refractivity contribution in [2.24, 2.45) is 0 Å². The van der Waals surface area contributed by atoms with Gasteiger partial charge in [0.1, 0.15) is 6.04 Å². The third-order valence-electron chi connectivity index (χ3n) is 6.00. The molecule has 0 heterocycles. The standard InChI is InChI=1S/C27H30ClN3O4S/c1-20-9-7-8-12-22(20)18-31(25(27(33)29-2)17-21-10-5-4-6-11-21)26(32)19-30(3)36(34,35)24-15-13-23(28)14-16-24/h4-16,25H,17-19H2,1-3H3,(H,29,33)/t25-/m1/s1. The van der Waals surface area contributed by atoms with E-state index in [2.05, 4.69) is 5.32 Å². The Labute approximate surface area is 217 Å². The molecular weight excluding hydrogens is 498 g/mol. The molecule has 0 aliphatic heterocycles. The first-order valence-electron chi connectivity index (χ1n) is 11.4. The van der Waals surface area contributed by atoms with Crippen molar-refractivity contribution in [3.05, 3.63) is 101 Å². The van der Waals surface area contributed by atoms with Gasteiger partial charge in [-0.2, -0.15) is 4.31 Å². The normalized spacial score (nSPS) is 12.2. The van der Waals surface area contributed by atoms with Crippen LogP contribution in [0.3, 0.4) is 0 Å². The fourth-order valence-electron chi connectivity index (χ4n) is 3.84. The van der Waals surface area contributed by atoms with E-state index in [1.54, 1.807) is 0 Å². The van der Waals surface area contributed by atoms with E-state index in [9.17, 15) is 18.0 Å². The first-order chi connectivity index (χ1) is 17.1. The molecule has 1 N–H and O–H groups in total. The van der Waals surface area contributed by atoms with Crippen LogP contribution < -0.4 is 5.32 Å². The summed E-state index contributed by atoms with van der Waals surface area (Å²) in [6.07, 6.45) is 0.284. The molecule has 3 rings (SSSR count). The summed E-state index contributed by atoms with van der Waals surface area (Å²) in [6.45, 7) is 1.66. The number of benzene rings is 3. The second kappa shape index (κ2) is 12.2. The van der Waals surface area contributed by atoms with E-state index < -0.39 is 28.5 Å². The maximum atomic E-state index is 13.7. The van der Waals surface area contributed by atoms with Gasteiger partial charge in [0.25, 0.3) is 0 Å². The smallest absolute Gasteiger partial charge is 0.243 e. The predicted octanol–water partition coefficient (Wildman–Crippen LogP) is 3.66. The van der Waals surface area contributed by atoms with Crippen LogP contribution in [-0.2, 0) is 32.6 Å². The number of hydrogen-bond donors (Lipinski definition) is 1. The molecule has 0 saturated heterocycles. The molecule has 0 unspecified atom stereocenters. The van der Waals surface area contributed by atoms with Crippen molar-refractivity contribution in [2.45, 2.75) is 30.8 Å². The van der Waals surface area contributed by atoms with E-state index in [1.807, 2.05) is 61.5 Å². The van der Waals surface area contributed by atoms with Crippen molar-refractivity contribution >= 4 is 33.4 Å². The molecule has 0 aliphatic carbocycles. The van der Waals surface area contributed by atoms with Gasteiger partial charge in [-0.3, -0.25) is 9.59 Å². The van der Waals surface area contributed by atoms with Gasteiger partial charge in [-0.25, -0.2) is 8.42 Å². The van der Waals surface area contributed by atoms with Crippen molar-refractivity contribution in [3.8, 4) is 0 Å². The molecule has 0 saturated carbocycles. The van der Waals surface area contributed by atoms with Gasteiger partial charge in [0.05, 0.1) is 11.4 Å². The van der Waals surface area contributed by atoms with Gasteiger partial charge in [0, 0.05) is 32.1 Å². The van der Waals surface area contributed by atoms with Crippen LogP contribution in [0.2, 0.25) is 5.02 Å². The number of likely N-dealkylation sites (N-methyl/N-ethyl adjacent to an activating group) is 2. The van der Waals surface area contributed by atoms with E-state index in [4.69, 9.17) is 11.6 Å². The van der Waals surface area contributed by atoms with Crippen LogP contribution >= 0.6 is 11.6 Å². The van der Waals surface area contributed by atoms with E-state index in [0.29, 0.717) is 5.02 Å². The number of halogens is 1. The predicted molar refractivity (Wildman–Crippen MR) is 141 cm³/mol. The van der Waals surface area contributed by atoms with Crippen LogP contribution in [0.25, 0.3) is 0 Å². The first-order valence-corrected chi connectivity index (χ1v) is 13.3. The van der Waals surface area contributed by atoms with Crippen molar-refractivity contribution in [1.29, 1.82) is 0 Å². The Morgan fingerprint density at radius 1 is 0.944 bits per heavy atom. The van der Waals surface area contributed by atoms with Crippen molar-refractivity contribution < 1.29 is 18.0 Å². The fraction of sp³-hybridized carbons (Fsp3) is 0.259. The summed E-state index contributed by atoms with van der Waals surface area (Å²) in [5.74, 6) is -0.813. The van der Waals surface area contributed by atoms with E-state index in [1.165, 1.54) is 43.3 Å². The van der Waals surface area contributed by atoms with Crippen LogP contribution in [0.4, 0.5) is 0 Å². The molecule has 3 aromatic rings. The average molecular weight is 528 g/mol. The first kappa shape index (κ1) is 27.4. The highest BCUT2D eigenvalue weighted by Crippen LogP contribution is 2.20. The van der Waals surface area contributed by atoms with Crippen LogP contribution in [0.15, 0.2) is 83.8 Å². The number of carbonyl (C=O) groups excluding carboxylic acids is 2. The monoisotopic (exact) mass is 527 g/mol. The molecule has 36 heavy (non-hydrogen) atoms. The molecule has 3 aromatic carbocycles. The maximum absolute atomic E-state index is 13.7. The molecule has 1 atom stereocenters. The average Bonchev–Trinajstić information content (AvgIpc) is 2.87. The molecule has 0 radical (unpaired) electrons. The summed E-state index contributed by atoms with van der Waals surface area (Å²) in [5, 5.41) is 3.07. The number of amides is 2. The quantitative estimate of drug-likeness (QED) is 0.436. The van der Waals surface area contributed by atoms with E-state index in [0.717, 1.165) is 21.0 Å². The van der Waals surface area contributed by atoms with E-state index >= 15 is 0 Å². The highest BCUT2D eigenvalue weighted by molar-refractivity contribution is 7.89. The Kier molecular flexibility index (Phi) is 9.25. The molecule has 0 fully saturated rings. The summed E-state index contributed by atoms with van der Waals surface area (Å²) in [5.41, 5.74) is 2.72. The summed E-state index contributed by atoms with van der Waals surface area (Å²) in [6, 6.07) is 21.9. The maximum Gasteiger partial charge on any atom is 0.243 e. The molecule has 2 amide bonds. The molecule has 9 heteroatoms. The number of nitrogens with one attached hydrogen (secondary N) is 1. The van der Waals surface area contributed by atoms with Crippen LogP contribution in [0.5, 0.6) is 0 Å². The minimum Gasteiger partial charge on any atom is -0.357 e. The number of nitrogens with zero attached hydrogens (tertiary/aromatic N) is 2. The third-order valence-corrected chi connectivity index (χ3v) is 8.07. The highest BCUT2D eigenvalue weighted by atomic mass is 35.5. The second-order valence-corrected chi connectivity index (χ2v) is 11.0. The number of aryl methyl sites for hydroxylation is 1. The van der Waals surface area contributed by atoms with Crippen molar-refractivity contribution in [2.75, 3.05) is 20.6 Å².